The predicted molar refractivity (Wildman–Crippen MR) is 142 cm³/mol. The lowest BCUT2D eigenvalue weighted by molar-refractivity contribution is -0.143. The molecule has 0 bridgehead atoms. The van der Waals surface area contributed by atoms with Crippen LogP contribution in [0.15, 0.2) is 24.3 Å². The summed E-state index contributed by atoms with van der Waals surface area (Å²) in [6.07, 6.45) is 36.3. The molecule has 0 saturated heterocycles. The van der Waals surface area contributed by atoms with Gasteiger partial charge in [0, 0.05) is 6.42 Å². The lowest BCUT2D eigenvalue weighted by Gasteiger charge is -2.05. The van der Waals surface area contributed by atoms with Gasteiger partial charge in [0.05, 0.1) is 6.61 Å². The minimum Gasteiger partial charge on any atom is -0.466 e. The van der Waals surface area contributed by atoms with E-state index in [0.717, 1.165) is 19.3 Å². The van der Waals surface area contributed by atoms with Gasteiger partial charge in [-0.05, 0) is 38.5 Å². The van der Waals surface area contributed by atoms with Crippen molar-refractivity contribution in [1.29, 1.82) is 0 Å². The molecule has 188 valence electrons. The highest BCUT2D eigenvalue weighted by Gasteiger charge is 2.02. The van der Waals surface area contributed by atoms with Crippen LogP contribution in [0.5, 0.6) is 0 Å². The molecule has 0 aliphatic heterocycles. The van der Waals surface area contributed by atoms with Crippen LogP contribution in [-0.2, 0) is 9.53 Å². The lowest BCUT2D eigenvalue weighted by atomic mass is 10.1. The van der Waals surface area contributed by atoms with E-state index >= 15 is 0 Å². The largest absolute Gasteiger partial charge is 0.466 e. The summed E-state index contributed by atoms with van der Waals surface area (Å²) in [6, 6.07) is 0. The van der Waals surface area contributed by atoms with E-state index in [-0.39, 0.29) is 5.97 Å². The fraction of sp³-hybridized carbons (Fsp3) is 0.833. The smallest absolute Gasteiger partial charge is 0.305 e. The number of esters is 1. The zero-order valence-electron chi connectivity index (χ0n) is 21.9. The van der Waals surface area contributed by atoms with E-state index in [1.54, 1.807) is 0 Å². The third kappa shape index (κ3) is 27.0. The predicted octanol–water partition coefficient (Wildman–Crippen LogP) is 10.3. The monoisotopic (exact) mass is 448 g/mol. The van der Waals surface area contributed by atoms with Crippen molar-refractivity contribution in [2.45, 2.75) is 155 Å². The van der Waals surface area contributed by atoms with E-state index in [1.165, 1.54) is 116 Å². The number of hydrogen-bond acceptors (Lipinski definition) is 2. The first-order valence-electron chi connectivity index (χ1n) is 14.3. The Kier molecular flexibility index (Phi) is 27.1. The third-order valence-corrected chi connectivity index (χ3v) is 6.12. The van der Waals surface area contributed by atoms with E-state index in [9.17, 15) is 4.79 Å². The highest BCUT2D eigenvalue weighted by atomic mass is 16.5. The van der Waals surface area contributed by atoms with Gasteiger partial charge in [0.25, 0.3) is 0 Å². The first kappa shape index (κ1) is 30.9. The van der Waals surface area contributed by atoms with E-state index < -0.39 is 0 Å². The summed E-state index contributed by atoms with van der Waals surface area (Å²) in [5.41, 5.74) is 0. The number of carbonyl (C=O) groups excluding carboxylic acids is 1. The maximum absolute atomic E-state index is 11.8. The van der Waals surface area contributed by atoms with Crippen molar-refractivity contribution < 1.29 is 9.53 Å². The summed E-state index contributed by atoms with van der Waals surface area (Å²) in [5, 5.41) is 0. The van der Waals surface area contributed by atoms with E-state index in [0.29, 0.717) is 13.0 Å². The van der Waals surface area contributed by atoms with Gasteiger partial charge in [-0.25, -0.2) is 0 Å². The van der Waals surface area contributed by atoms with Crippen molar-refractivity contribution >= 4 is 5.97 Å². The molecule has 0 spiro atoms. The Hall–Kier alpha value is -1.05. The number of ether oxygens (including phenoxy) is 1. The number of carbonyl (C=O) groups is 1. The van der Waals surface area contributed by atoms with Crippen LogP contribution in [0.1, 0.15) is 155 Å². The number of allylic oxidation sites excluding steroid dienone is 4. The van der Waals surface area contributed by atoms with Gasteiger partial charge >= 0.3 is 5.97 Å². The molecule has 0 saturated carbocycles. The Bertz CT molecular complexity index is 425. The van der Waals surface area contributed by atoms with Crippen LogP contribution in [0, 0.1) is 0 Å². The molecular formula is C30H56O2. The molecule has 0 atom stereocenters. The second-order valence-corrected chi connectivity index (χ2v) is 9.41. The zero-order valence-corrected chi connectivity index (χ0v) is 21.9. The summed E-state index contributed by atoms with van der Waals surface area (Å²) in [4.78, 5) is 11.8. The molecule has 0 aromatic heterocycles. The van der Waals surface area contributed by atoms with Crippen LogP contribution in [0.3, 0.4) is 0 Å². The van der Waals surface area contributed by atoms with Crippen LogP contribution in [0.4, 0.5) is 0 Å². The molecule has 0 aromatic rings. The SMILES string of the molecule is CCCCCCC=CC=CCCCCCCCC(=O)OCCCCCCCCCCCC. The molecule has 0 N–H and O–H groups in total. The zero-order chi connectivity index (χ0) is 23.4. The molecule has 2 nitrogen and oxygen atoms in total. The van der Waals surface area contributed by atoms with Crippen LogP contribution < -0.4 is 0 Å². The van der Waals surface area contributed by atoms with E-state index in [1.807, 2.05) is 0 Å². The average Bonchev–Trinajstić information content (AvgIpc) is 2.80. The fourth-order valence-corrected chi connectivity index (χ4v) is 3.95. The Morgan fingerprint density at radius 1 is 0.531 bits per heavy atom. The molecule has 0 heterocycles. The lowest BCUT2D eigenvalue weighted by Crippen LogP contribution is -2.05. The van der Waals surface area contributed by atoms with Crippen molar-refractivity contribution in [3.8, 4) is 0 Å². The Balaban J connectivity index is 3.25. The first-order valence-corrected chi connectivity index (χ1v) is 14.3. The molecule has 0 fully saturated rings. The molecular weight excluding hydrogens is 392 g/mol. The number of hydrogen-bond donors (Lipinski definition) is 0. The van der Waals surface area contributed by atoms with Crippen molar-refractivity contribution in [3.63, 3.8) is 0 Å². The Morgan fingerprint density at radius 2 is 0.938 bits per heavy atom. The van der Waals surface area contributed by atoms with Crippen LogP contribution >= 0.6 is 0 Å². The first-order chi connectivity index (χ1) is 15.8. The highest BCUT2D eigenvalue weighted by Crippen LogP contribution is 2.11. The number of unbranched alkanes of at least 4 members (excludes halogenated alkanes) is 18. The summed E-state index contributed by atoms with van der Waals surface area (Å²) in [7, 11) is 0. The van der Waals surface area contributed by atoms with Crippen molar-refractivity contribution in [2.75, 3.05) is 6.61 Å². The molecule has 0 unspecified atom stereocenters. The Labute approximate surface area is 201 Å². The molecule has 2 heteroatoms. The Morgan fingerprint density at radius 3 is 1.47 bits per heavy atom. The highest BCUT2D eigenvalue weighted by molar-refractivity contribution is 5.69. The normalized spacial score (nSPS) is 11.7. The fourth-order valence-electron chi connectivity index (χ4n) is 3.95. The van der Waals surface area contributed by atoms with Gasteiger partial charge in [0.15, 0.2) is 0 Å². The molecule has 0 radical (unpaired) electrons. The molecule has 0 amide bonds. The van der Waals surface area contributed by atoms with Crippen LogP contribution in [0.2, 0.25) is 0 Å². The van der Waals surface area contributed by atoms with Crippen LogP contribution in [0.25, 0.3) is 0 Å². The standard InChI is InChI=1S/C30H56O2/c1-3-5-7-9-11-13-15-16-17-18-19-20-22-24-26-28-30(31)32-29-27-25-23-21-14-12-10-8-6-4-2/h13,15-17H,3-12,14,18-29H2,1-2H3. The average molecular weight is 449 g/mol. The summed E-state index contributed by atoms with van der Waals surface area (Å²) >= 11 is 0. The third-order valence-electron chi connectivity index (χ3n) is 6.12. The molecule has 0 aliphatic carbocycles. The maximum atomic E-state index is 11.8. The summed E-state index contributed by atoms with van der Waals surface area (Å²) < 4.78 is 5.38. The van der Waals surface area contributed by atoms with Gasteiger partial charge in [-0.15, -0.1) is 0 Å². The van der Waals surface area contributed by atoms with Gasteiger partial charge < -0.3 is 4.74 Å². The molecule has 32 heavy (non-hydrogen) atoms. The van der Waals surface area contributed by atoms with Crippen molar-refractivity contribution in [1.82, 2.24) is 0 Å². The number of rotatable bonds is 25. The molecule has 0 aromatic carbocycles. The van der Waals surface area contributed by atoms with Crippen molar-refractivity contribution in [2.24, 2.45) is 0 Å². The van der Waals surface area contributed by atoms with E-state index in [4.69, 9.17) is 4.74 Å². The van der Waals surface area contributed by atoms with Gasteiger partial charge in [0.1, 0.15) is 0 Å². The van der Waals surface area contributed by atoms with Gasteiger partial charge in [-0.1, -0.05) is 134 Å². The van der Waals surface area contributed by atoms with Crippen LogP contribution in [-0.4, -0.2) is 12.6 Å². The minimum atomic E-state index is 0.00494. The molecule has 0 aliphatic rings. The van der Waals surface area contributed by atoms with Crippen molar-refractivity contribution in [3.05, 3.63) is 24.3 Å². The second kappa shape index (κ2) is 28.0. The van der Waals surface area contributed by atoms with E-state index in [2.05, 4.69) is 38.2 Å². The summed E-state index contributed by atoms with van der Waals surface area (Å²) in [5.74, 6) is 0.00494. The second-order valence-electron chi connectivity index (χ2n) is 9.41. The molecule has 0 rings (SSSR count). The maximum Gasteiger partial charge on any atom is 0.305 e. The van der Waals surface area contributed by atoms with Gasteiger partial charge in [-0.2, -0.15) is 0 Å². The minimum absolute atomic E-state index is 0.00494. The summed E-state index contributed by atoms with van der Waals surface area (Å²) in [6.45, 7) is 5.14. The van der Waals surface area contributed by atoms with Gasteiger partial charge in [-0.3, -0.25) is 4.79 Å². The van der Waals surface area contributed by atoms with Gasteiger partial charge in [0.2, 0.25) is 0 Å². The quantitative estimate of drug-likeness (QED) is 0.0788. The topological polar surface area (TPSA) is 26.3 Å².